The van der Waals surface area contributed by atoms with Crippen molar-refractivity contribution in [1.29, 1.82) is 0 Å². The summed E-state index contributed by atoms with van der Waals surface area (Å²) in [6.45, 7) is 5.90. The third-order valence-corrected chi connectivity index (χ3v) is 2.42. The lowest BCUT2D eigenvalue weighted by Crippen LogP contribution is -2.36. The Balaban J connectivity index is 2.67. The highest BCUT2D eigenvalue weighted by atomic mass is 16.1. The topological polar surface area (TPSA) is 39.0 Å². The van der Waals surface area contributed by atoms with Crippen molar-refractivity contribution in [2.75, 3.05) is 6.54 Å². The molecule has 1 unspecified atom stereocenters. The van der Waals surface area contributed by atoms with Crippen LogP contribution >= 0.6 is 0 Å². The largest absolute Gasteiger partial charge is 0.327 e. The number of rotatable bonds is 5. The zero-order valence-electron chi connectivity index (χ0n) is 9.16. The molecule has 0 bridgehead atoms. The van der Waals surface area contributed by atoms with Gasteiger partial charge < -0.3 is 9.88 Å². The molecule has 1 rings (SSSR count). The standard InChI is InChI=1S/C10H19N3O/c1-4-9(11-5-2)8-13-7-6-12(3)10(13)14/h6-7,9,11H,4-5,8H2,1-3H3. The number of aromatic nitrogens is 2. The van der Waals surface area contributed by atoms with Crippen LogP contribution in [0.5, 0.6) is 0 Å². The van der Waals surface area contributed by atoms with E-state index in [2.05, 4.69) is 19.2 Å². The van der Waals surface area contributed by atoms with E-state index in [1.54, 1.807) is 22.4 Å². The summed E-state index contributed by atoms with van der Waals surface area (Å²) in [5.41, 5.74) is 0.0568. The lowest BCUT2D eigenvalue weighted by molar-refractivity contribution is 0.438. The Morgan fingerprint density at radius 2 is 2.14 bits per heavy atom. The van der Waals surface area contributed by atoms with E-state index in [-0.39, 0.29) is 5.69 Å². The number of imidazole rings is 1. The number of nitrogens with one attached hydrogen (secondary N) is 1. The molecule has 1 aromatic rings. The predicted molar refractivity (Wildman–Crippen MR) is 57.4 cm³/mol. The number of likely N-dealkylation sites (N-methyl/N-ethyl adjacent to an activating group) is 1. The van der Waals surface area contributed by atoms with E-state index in [1.807, 2.05) is 6.20 Å². The van der Waals surface area contributed by atoms with Gasteiger partial charge in [0.05, 0.1) is 0 Å². The summed E-state index contributed by atoms with van der Waals surface area (Å²) in [4.78, 5) is 11.5. The van der Waals surface area contributed by atoms with Crippen molar-refractivity contribution in [3.8, 4) is 0 Å². The molecule has 1 N–H and O–H groups in total. The predicted octanol–water partition coefficient (Wildman–Crippen LogP) is 0.575. The second-order valence-electron chi connectivity index (χ2n) is 3.51. The summed E-state index contributed by atoms with van der Waals surface area (Å²) >= 11 is 0. The minimum absolute atomic E-state index is 0.0568. The Morgan fingerprint density at radius 3 is 2.57 bits per heavy atom. The minimum Gasteiger partial charge on any atom is -0.312 e. The summed E-state index contributed by atoms with van der Waals surface area (Å²) in [5, 5.41) is 3.35. The van der Waals surface area contributed by atoms with Gasteiger partial charge in [-0.15, -0.1) is 0 Å². The van der Waals surface area contributed by atoms with Gasteiger partial charge in [-0.25, -0.2) is 4.79 Å². The molecular weight excluding hydrogens is 178 g/mol. The fraction of sp³-hybridized carbons (Fsp3) is 0.700. The van der Waals surface area contributed by atoms with E-state index < -0.39 is 0 Å². The smallest absolute Gasteiger partial charge is 0.312 e. The molecule has 0 aromatic carbocycles. The Labute approximate surface area is 84.5 Å². The van der Waals surface area contributed by atoms with Crippen LogP contribution in [0.4, 0.5) is 0 Å². The zero-order chi connectivity index (χ0) is 10.6. The monoisotopic (exact) mass is 197 g/mol. The highest BCUT2D eigenvalue weighted by Crippen LogP contribution is 1.94. The Morgan fingerprint density at radius 1 is 1.43 bits per heavy atom. The van der Waals surface area contributed by atoms with Gasteiger partial charge in [-0.3, -0.25) is 4.57 Å². The number of hydrogen-bond acceptors (Lipinski definition) is 2. The maximum absolute atomic E-state index is 11.5. The van der Waals surface area contributed by atoms with Gasteiger partial charge in [0.25, 0.3) is 0 Å². The highest BCUT2D eigenvalue weighted by Gasteiger charge is 2.07. The van der Waals surface area contributed by atoms with E-state index in [0.717, 1.165) is 19.5 Å². The second-order valence-corrected chi connectivity index (χ2v) is 3.51. The fourth-order valence-corrected chi connectivity index (χ4v) is 1.51. The van der Waals surface area contributed by atoms with Gasteiger partial charge in [0.15, 0.2) is 0 Å². The molecule has 4 nitrogen and oxygen atoms in total. The summed E-state index contributed by atoms with van der Waals surface area (Å²) in [6, 6.07) is 0.389. The molecule has 0 radical (unpaired) electrons. The molecule has 1 aromatic heterocycles. The fourth-order valence-electron chi connectivity index (χ4n) is 1.51. The quantitative estimate of drug-likeness (QED) is 0.749. The van der Waals surface area contributed by atoms with Gasteiger partial charge in [0.1, 0.15) is 0 Å². The molecule has 0 spiro atoms. The van der Waals surface area contributed by atoms with Crippen LogP contribution in [0.3, 0.4) is 0 Å². The molecular formula is C10H19N3O. The van der Waals surface area contributed by atoms with Crippen molar-refractivity contribution in [3.05, 3.63) is 22.9 Å². The second kappa shape index (κ2) is 5.00. The summed E-state index contributed by atoms with van der Waals surface area (Å²) in [6.07, 6.45) is 4.67. The van der Waals surface area contributed by atoms with Crippen LogP contribution in [0, 0.1) is 0 Å². The van der Waals surface area contributed by atoms with E-state index in [1.165, 1.54) is 0 Å². The average Bonchev–Trinajstić information content (AvgIpc) is 2.49. The first-order valence-corrected chi connectivity index (χ1v) is 5.14. The van der Waals surface area contributed by atoms with Crippen LogP contribution in [0.1, 0.15) is 20.3 Å². The molecule has 14 heavy (non-hydrogen) atoms. The third-order valence-electron chi connectivity index (χ3n) is 2.42. The van der Waals surface area contributed by atoms with Crippen molar-refractivity contribution < 1.29 is 0 Å². The molecule has 0 aliphatic carbocycles. The van der Waals surface area contributed by atoms with Gasteiger partial charge in [-0.05, 0) is 13.0 Å². The molecule has 80 valence electrons. The van der Waals surface area contributed by atoms with Gasteiger partial charge >= 0.3 is 5.69 Å². The van der Waals surface area contributed by atoms with Crippen molar-refractivity contribution in [1.82, 2.24) is 14.5 Å². The SMILES string of the molecule is CCNC(CC)Cn1ccn(C)c1=O. The highest BCUT2D eigenvalue weighted by molar-refractivity contribution is 4.81. The lowest BCUT2D eigenvalue weighted by Gasteiger charge is -2.15. The van der Waals surface area contributed by atoms with Gasteiger partial charge in [0.2, 0.25) is 0 Å². The lowest BCUT2D eigenvalue weighted by atomic mass is 10.2. The maximum atomic E-state index is 11.5. The van der Waals surface area contributed by atoms with Gasteiger partial charge in [-0.1, -0.05) is 13.8 Å². The summed E-state index contributed by atoms with van der Waals surface area (Å²) < 4.78 is 3.34. The first-order valence-electron chi connectivity index (χ1n) is 5.14. The number of nitrogens with zero attached hydrogens (tertiary/aromatic N) is 2. The first kappa shape index (κ1) is 11.0. The normalized spacial score (nSPS) is 13.1. The van der Waals surface area contributed by atoms with Crippen molar-refractivity contribution in [2.24, 2.45) is 7.05 Å². The van der Waals surface area contributed by atoms with E-state index in [0.29, 0.717) is 6.04 Å². The van der Waals surface area contributed by atoms with E-state index in [4.69, 9.17) is 0 Å². The van der Waals surface area contributed by atoms with Crippen LogP contribution < -0.4 is 11.0 Å². The van der Waals surface area contributed by atoms with E-state index in [9.17, 15) is 4.79 Å². The Hall–Kier alpha value is -1.03. The molecule has 0 aliphatic rings. The van der Waals surface area contributed by atoms with Crippen LogP contribution in [0.15, 0.2) is 17.2 Å². The minimum atomic E-state index is 0.0568. The van der Waals surface area contributed by atoms with Crippen molar-refractivity contribution >= 4 is 0 Å². The van der Waals surface area contributed by atoms with Gasteiger partial charge in [0, 0.05) is 32.0 Å². The number of hydrogen-bond donors (Lipinski definition) is 1. The summed E-state index contributed by atoms with van der Waals surface area (Å²) in [5.74, 6) is 0. The zero-order valence-corrected chi connectivity index (χ0v) is 9.16. The Bertz CT molecular complexity index is 326. The maximum Gasteiger partial charge on any atom is 0.327 e. The van der Waals surface area contributed by atoms with Crippen LogP contribution in [0.25, 0.3) is 0 Å². The molecule has 0 fully saturated rings. The molecule has 0 saturated carbocycles. The van der Waals surface area contributed by atoms with Crippen molar-refractivity contribution in [3.63, 3.8) is 0 Å². The average molecular weight is 197 g/mol. The van der Waals surface area contributed by atoms with Crippen molar-refractivity contribution in [2.45, 2.75) is 32.9 Å². The molecule has 0 saturated heterocycles. The van der Waals surface area contributed by atoms with Crippen LogP contribution in [-0.4, -0.2) is 21.7 Å². The van der Waals surface area contributed by atoms with Crippen LogP contribution in [-0.2, 0) is 13.6 Å². The van der Waals surface area contributed by atoms with Gasteiger partial charge in [-0.2, -0.15) is 0 Å². The third kappa shape index (κ3) is 2.48. The Kier molecular flexibility index (Phi) is 3.95. The van der Waals surface area contributed by atoms with E-state index >= 15 is 0 Å². The molecule has 0 aliphatic heterocycles. The first-order chi connectivity index (χ1) is 6.69. The number of aryl methyl sites for hydroxylation is 1. The molecule has 4 heteroatoms. The molecule has 1 heterocycles. The van der Waals surface area contributed by atoms with Crippen LogP contribution in [0.2, 0.25) is 0 Å². The molecule has 0 amide bonds. The molecule has 1 atom stereocenters. The summed E-state index contributed by atoms with van der Waals surface area (Å²) in [7, 11) is 1.77.